The number of hydrogen-bond donors (Lipinski definition) is 2. The maximum absolute atomic E-state index is 11.9. The number of anilines is 2. The standard InChI is InChI=1S/C14H15ClN4O2/c1-17-13-9-4-10(15)12(5-11(9)18-14(13)20)19-2-3-21-8(6-16)7-19/h4-5,8,13,17H,2-3,7H2,1H3,(H,18,20). The fraction of sp³-hybridized carbons (Fsp3) is 0.429. The molecule has 110 valence electrons. The summed E-state index contributed by atoms with van der Waals surface area (Å²) in [5.74, 6) is -0.0856. The van der Waals surface area contributed by atoms with Gasteiger partial charge in [-0.05, 0) is 19.2 Å². The van der Waals surface area contributed by atoms with Gasteiger partial charge in [0.25, 0.3) is 0 Å². The maximum Gasteiger partial charge on any atom is 0.246 e. The van der Waals surface area contributed by atoms with Crippen LogP contribution >= 0.6 is 11.6 Å². The van der Waals surface area contributed by atoms with Gasteiger partial charge in [0.1, 0.15) is 6.04 Å². The number of nitriles is 1. The predicted molar refractivity (Wildman–Crippen MR) is 79.4 cm³/mol. The van der Waals surface area contributed by atoms with E-state index in [1.165, 1.54) is 0 Å². The minimum absolute atomic E-state index is 0.0856. The number of nitrogens with zero attached hydrogens (tertiary/aromatic N) is 2. The van der Waals surface area contributed by atoms with Crippen molar-refractivity contribution in [3.8, 4) is 6.07 Å². The Morgan fingerprint density at radius 2 is 2.38 bits per heavy atom. The summed E-state index contributed by atoms with van der Waals surface area (Å²) in [6.07, 6.45) is -0.456. The van der Waals surface area contributed by atoms with Crippen LogP contribution in [0.2, 0.25) is 5.02 Å². The van der Waals surface area contributed by atoms with E-state index < -0.39 is 6.10 Å². The summed E-state index contributed by atoms with van der Waals surface area (Å²) in [5.41, 5.74) is 2.43. The molecule has 2 atom stereocenters. The van der Waals surface area contributed by atoms with Crippen LogP contribution in [0.15, 0.2) is 12.1 Å². The first-order chi connectivity index (χ1) is 10.1. The molecule has 1 amide bonds. The Morgan fingerprint density at radius 1 is 1.57 bits per heavy atom. The van der Waals surface area contributed by atoms with E-state index in [1.54, 1.807) is 7.05 Å². The summed E-state index contributed by atoms with van der Waals surface area (Å²) >= 11 is 6.37. The normalized spacial score (nSPS) is 24.4. The average Bonchev–Trinajstić information content (AvgIpc) is 2.80. The second-order valence-electron chi connectivity index (χ2n) is 5.04. The van der Waals surface area contributed by atoms with Gasteiger partial charge >= 0.3 is 0 Å². The van der Waals surface area contributed by atoms with E-state index in [9.17, 15) is 4.79 Å². The molecule has 6 nitrogen and oxygen atoms in total. The van der Waals surface area contributed by atoms with Gasteiger partial charge in [0.05, 0.1) is 29.9 Å². The first-order valence-corrected chi connectivity index (χ1v) is 7.09. The SMILES string of the molecule is CNC1C(=O)Nc2cc(N3CCOC(C#N)C3)c(Cl)cc21. The molecule has 0 radical (unpaired) electrons. The van der Waals surface area contributed by atoms with Crippen molar-refractivity contribution in [3.05, 3.63) is 22.7 Å². The van der Waals surface area contributed by atoms with Crippen LogP contribution in [-0.4, -0.2) is 38.8 Å². The topological polar surface area (TPSA) is 77.4 Å². The van der Waals surface area contributed by atoms with Crippen LogP contribution in [0.1, 0.15) is 11.6 Å². The lowest BCUT2D eigenvalue weighted by Crippen LogP contribution is -2.42. The zero-order valence-corrected chi connectivity index (χ0v) is 12.3. The molecule has 0 aromatic heterocycles. The lowest BCUT2D eigenvalue weighted by molar-refractivity contribution is -0.117. The molecule has 2 aliphatic heterocycles. The minimum atomic E-state index is -0.456. The lowest BCUT2D eigenvalue weighted by atomic mass is 10.1. The molecule has 2 aliphatic rings. The Kier molecular flexibility index (Phi) is 3.72. The number of likely N-dealkylation sites (N-methyl/N-ethyl adjacent to an activating group) is 1. The third-order valence-corrected chi connectivity index (χ3v) is 4.09. The van der Waals surface area contributed by atoms with Gasteiger partial charge in [-0.15, -0.1) is 0 Å². The van der Waals surface area contributed by atoms with Crippen molar-refractivity contribution in [2.75, 3.05) is 37.0 Å². The molecule has 0 aliphatic carbocycles. The molecule has 21 heavy (non-hydrogen) atoms. The third kappa shape index (κ3) is 2.44. The second-order valence-corrected chi connectivity index (χ2v) is 5.44. The molecule has 2 unspecified atom stereocenters. The lowest BCUT2D eigenvalue weighted by Gasteiger charge is -2.32. The number of rotatable bonds is 2. The van der Waals surface area contributed by atoms with Gasteiger partial charge in [-0.2, -0.15) is 5.26 Å². The summed E-state index contributed by atoms with van der Waals surface area (Å²) in [6, 6.07) is 5.42. The maximum atomic E-state index is 11.9. The minimum Gasteiger partial charge on any atom is -0.364 e. The van der Waals surface area contributed by atoms with Crippen molar-refractivity contribution in [1.29, 1.82) is 5.26 Å². The molecule has 0 spiro atoms. The Hall–Kier alpha value is -1.81. The molecule has 0 saturated carbocycles. The number of fused-ring (bicyclic) bond motifs is 1. The van der Waals surface area contributed by atoms with E-state index in [1.807, 2.05) is 17.0 Å². The fourth-order valence-corrected chi connectivity index (χ4v) is 3.04. The highest BCUT2D eigenvalue weighted by Gasteiger charge is 2.31. The molecule has 2 N–H and O–H groups in total. The second kappa shape index (κ2) is 5.53. The van der Waals surface area contributed by atoms with Crippen molar-refractivity contribution in [2.45, 2.75) is 12.1 Å². The van der Waals surface area contributed by atoms with Crippen LogP contribution in [0.25, 0.3) is 0 Å². The summed E-state index contributed by atoms with van der Waals surface area (Å²) in [6.45, 7) is 1.62. The van der Waals surface area contributed by atoms with Crippen LogP contribution in [0.5, 0.6) is 0 Å². The van der Waals surface area contributed by atoms with Gasteiger partial charge in [-0.25, -0.2) is 0 Å². The van der Waals surface area contributed by atoms with E-state index in [4.69, 9.17) is 21.6 Å². The third-order valence-electron chi connectivity index (χ3n) is 3.79. The highest BCUT2D eigenvalue weighted by Crippen LogP contribution is 2.39. The largest absolute Gasteiger partial charge is 0.364 e. The van der Waals surface area contributed by atoms with E-state index >= 15 is 0 Å². The van der Waals surface area contributed by atoms with E-state index in [0.29, 0.717) is 24.7 Å². The number of ether oxygens (including phenoxy) is 1. The summed E-state index contributed by atoms with van der Waals surface area (Å²) < 4.78 is 5.34. The predicted octanol–water partition coefficient (Wildman–Crippen LogP) is 1.28. The molecule has 3 rings (SSSR count). The molecular weight excluding hydrogens is 292 g/mol. The molecule has 7 heteroatoms. The first-order valence-electron chi connectivity index (χ1n) is 6.71. The highest BCUT2D eigenvalue weighted by atomic mass is 35.5. The van der Waals surface area contributed by atoms with Gasteiger partial charge in [0.15, 0.2) is 6.10 Å². The molecule has 1 fully saturated rings. The Labute approximate surface area is 127 Å². The number of benzene rings is 1. The number of carbonyl (C=O) groups is 1. The van der Waals surface area contributed by atoms with E-state index in [-0.39, 0.29) is 11.9 Å². The smallest absolute Gasteiger partial charge is 0.246 e. The molecule has 2 heterocycles. The van der Waals surface area contributed by atoms with E-state index in [2.05, 4.69) is 16.7 Å². The van der Waals surface area contributed by atoms with Crippen LogP contribution in [0.3, 0.4) is 0 Å². The van der Waals surface area contributed by atoms with Gasteiger partial charge in [-0.1, -0.05) is 11.6 Å². The van der Waals surface area contributed by atoms with Gasteiger partial charge in [0.2, 0.25) is 5.91 Å². The summed E-state index contributed by atoms with van der Waals surface area (Å²) in [5, 5.41) is 15.4. The number of halogens is 1. The van der Waals surface area contributed by atoms with Crippen molar-refractivity contribution < 1.29 is 9.53 Å². The number of carbonyl (C=O) groups excluding carboxylic acids is 1. The van der Waals surface area contributed by atoms with Gasteiger partial charge in [0, 0.05) is 17.8 Å². The molecule has 1 saturated heterocycles. The van der Waals surface area contributed by atoms with E-state index in [0.717, 1.165) is 16.9 Å². The average molecular weight is 307 g/mol. The molecule has 0 bridgehead atoms. The number of amides is 1. The molecular formula is C14H15ClN4O2. The summed E-state index contributed by atoms with van der Waals surface area (Å²) in [4.78, 5) is 13.9. The van der Waals surface area contributed by atoms with Crippen LogP contribution < -0.4 is 15.5 Å². The first kappa shape index (κ1) is 14.1. The van der Waals surface area contributed by atoms with Crippen LogP contribution in [0.4, 0.5) is 11.4 Å². The summed E-state index contributed by atoms with van der Waals surface area (Å²) in [7, 11) is 1.74. The van der Waals surface area contributed by atoms with Crippen molar-refractivity contribution in [2.24, 2.45) is 0 Å². The van der Waals surface area contributed by atoms with Crippen molar-refractivity contribution >= 4 is 28.9 Å². The van der Waals surface area contributed by atoms with Crippen molar-refractivity contribution in [1.82, 2.24) is 5.32 Å². The highest BCUT2D eigenvalue weighted by molar-refractivity contribution is 6.33. The fourth-order valence-electron chi connectivity index (χ4n) is 2.75. The molecule has 1 aromatic carbocycles. The Bertz CT molecular complexity index is 628. The van der Waals surface area contributed by atoms with Crippen LogP contribution in [-0.2, 0) is 9.53 Å². The van der Waals surface area contributed by atoms with Crippen molar-refractivity contribution in [3.63, 3.8) is 0 Å². The number of nitrogens with one attached hydrogen (secondary N) is 2. The van der Waals surface area contributed by atoms with Gasteiger partial charge < -0.3 is 20.3 Å². The van der Waals surface area contributed by atoms with Crippen LogP contribution in [0, 0.1) is 11.3 Å². The monoisotopic (exact) mass is 306 g/mol. The van der Waals surface area contributed by atoms with Gasteiger partial charge in [-0.3, -0.25) is 4.79 Å². The quantitative estimate of drug-likeness (QED) is 0.861. The number of hydrogen-bond acceptors (Lipinski definition) is 5. The molecule has 1 aromatic rings. The Morgan fingerprint density at radius 3 is 3.10 bits per heavy atom. The zero-order chi connectivity index (χ0) is 15.0. The number of morpholine rings is 1. The Balaban J connectivity index is 1.94. The zero-order valence-electron chi connectivity index (χ0n) is 11.5.